The van der Waals surface area contributed by atoms with Crippen LogP contribution >= 0.6 is 0 Å². The Labute approximate surface area is 182 Å². The third kappa shape index (κ3) is 3.74. The summed E-state index contributed by atoms with van der Waals surface area (Å²) in [6, 6.07) is 15.9. The van der Waals surface area contributed by atoms with E-state index in [0.29, 0.717) is 18.7 Å². The fourth-order valence-corrected chi connectivity index (χ4v) is 4.01. The molecule has 31 heavy (non-hydrogen) atoms. The first kappa shape index (κ1) is 20.9. The van der Waals surface area contributed by atoms with Crippen molar-refractivity contribution in [3.8, 4) is 22.5 Å². The van der Waals surface area contributed by atoms with Gasteiger partial charge >= 0.3 is 5.97 Å². The molecule has 4 nitrogen and oxygen atoms in total. The lowest BCUT2D eigenvalue weighted by Crippen LogP contribution is -2.10. The number of aryl methyl sites for hydroxylation is 3. The van der Waals surface area contributed by atoms with Crippen molar-refractivity contribution in [1.82, 2.24) is 0 Å². The Kier molecular flexibility index (Phi) is 5.64. The summed E-state index contributed by atoms with van der Waals surface area (Å²) in [5.74, 6) is 0.431. The molecule has 0 bridgehead atoms. The number of carbonyl (C=O) groups is 1. The van der Waals surface area contributed by atoms with Crippen LogP contribution < -0.4 is 5.36 Å². The average Bonchev–Trinajstić information content (AvgIpc) is 2.75. The first-order chi connectivity index (χ1) is 14.9. The van der Waals surface area contributed by atoms with E-state index < -0.39 is 0 Å². The minimum atomic E-state index is -0.321. The summed E-state index contributed by atoms with van der Waals surface area (Å²) in [6.07, 6.45) is 0. The topological polar surface area (TPSA) is 51.8 Å². The molecule has 0 amide bonds. The van der Waals surface area contributed by atoms with Crippen LogP contribution in [0.2, 0.25) is 0 Å². The third-order valence-corrected chi connectivity index (χ3v) is 5.67. The largest absolute Gasteiger partial charge is 0.462 e. The predicted molar refractivity (Wildman–Crippen MR) is 125 cm³/mol. The van der Waals surface area contributed by atoms with Crippen LogP contribution in [0.15, 0.2) is 57.9 Å². The van der Waals surface area contributed by atoms with E-state index in [0.717, 1.165) is 49.9 Å². The molecule has 0 unspecified atom stereocenters. The summed E-state index contributed by atoms with van der Waals surface area (Å²) >= 11 is 0. The second-order valence-corrected chi connectivity index (χ2v) is 7.78. The molecular formula is C27H27NO3. The third-order valence-electron chi connectivity index (χ3n) is 5.67. The minimum absolute atomic E-state index is 0.321. The molecule has 1 aliphatic heterocycles. The van der Waals surface area contributed by atoms with Crippen LogP contribution in [0.25, 0.3) is 33.4 Å². The van der Waals surface area contributed by atoms with Gasteiger partial charge in [-0.3, -0.25) is 4.99 Å². The summed E-state index contributed by atoms with van der Waals surface area (Å²) in [7, 11) is 0. The molecule has 2 aromatic rings. The van der Waals surface area contributed by atoms with Crippen LogP contribution in [0, 0.1) is 20.8 Å². The smallest absolute Gasteiger partial charge is 0.338 e. The molecule has 4 rings (SSSR count). The predicted octanol–water partition coefficient (Wildman–Crippen LogP) is 6.23. The van der Waals surface area contributed by atoms with Gasteiger partial charge in [-0.1, -0.05) is 18.2 Å². The number of nitrogens with zero attached hydrogens (tertiary/aromatic N) is 1. The van der Waals surface area contributed by atoms with E-state index in [9.17, 15) is 4.79 Å². The summed E-state index contributed by atoms with van der Waals surface area (Å²) in [6.45, 7) is 11.1. The van der Waals surface area contributed by atoms with E-state index in [2.05, 4.69) is 44.0 Å². The van der Waals surface area contributed by atoms with Gasteiger partial charge in [-0.25, -0.2) is 4.79 Å². The Morgan fingerprint density at radius 1 is 0.935 bits per heavy atom. The Morgan fingerprint density at radius 3 is 2.42 bits per heavy atom. The fraction of sp³-hybridized carbons (Fsp3) is 0.259. The van der Waals surface area contributed by atoms with Gasteiger partial charge in [-0.2, -0.15) is 0 Å². The number of rotatable bonds is 4. The lowest BCUT2D eigenvalue weighted by molar-refractivity contribution is 0.0527. The summed E-state index contributed by atoms with van der Waals surface area (Å²) in [5.41, 5.74) is 7.52. The molecule has 0 fully saturated rings. The van der Waals surface area contributed by atoms with E-state index in [1.807, 2.05) is 44.2 Å². The van der Waals surface area contributed by atoms with E-state index in [4.69, 9.17) is 9.15 Å². The molecule has 2 aromatic carbocycles. The van der Waals surface area contributed by atoms with Crippen molar-refractivity contribution in [2.45, 2.75) is 34.6 Å². The van der Waals surface area contributed by atoms with Gasteiger partial charge in [0, 0.05) is 29.1 Å². The Hall–Kier alpha value is -3.40. The maximum absolute atomic E-state index is 12.8. The van der Waals surface area contributed by atoms with Gasteiger partial charge in [0.05, 0.1) is 17.5 Å². The van der Waals surface area contributed by atoms with E-state index in [-0.39, 0.29) is 5.97 Å². The normalized spacial score (nSPS) is 12.0. The van der Waals surface area contributed by atoms with Gasteiger partial charge in [0.15, 0.2) is 0 Å². The second-order valence-electron chi connectivity index (χ2n) is 7.78. The average molecular weight is 414 g/mol. The second kappa shape index (κ2) is 8.38. The van der Waals surface area contributed by atoms with Crippen molar-refractivity contribution in [3.63, 3.8) is 0 Å². The first-order valence-corrected chi connectivity index (χ1v) is 10.7. The zero-order valence-corrected chi connectivity index (χ0v) is 18.7. The van der Waals surface area contributed by atoms with Crippen molar-refractivity contribution in [2.75, 3.05) is 13.2 Å². The van der Waals surface area contributed by atoms with Crippen molar-refractivity contribution < 1.29 is 13.9 Å². The minimum Gasteiger partial charge on any atom is -0.462 e. The number of fused-ring (bicyclic) bond motifs is 2. The molecular weight excluding hydrogens is 386 g/mol. The number of benzene rings is 3. The van der Waals surface area contributed by atoms with E-state index >= 15 is 0 Å². The molecule has 4 heteroatoms. The highest BCUT2D eigenvalue weighted by Crippen LogP contribution is 2.42. The maximum Gasteiger partial charge on any atom is 0.338 e. The molecule has 0 saturated heterocycles. The van der Waals surface area contributed by atoms with Gasteiger partial charge in [0.2, 0.25) is 0 Å². The maximum atomic E-state index is 12.8. The zero-order valence-electron chi connectivity index (χ0n) is 18.7. The lowest BCUT2D eigenvalue weighted by Gasteiger charge is -2.19. The SMILES string of the molecule is CC/N=c1\cc2oc3cc(C)c(C)cc3c(-c3ccccc3C(=O)OCC)c-2cc1C. The Bertz CT molecular complexity index is 1330. The van der Waals surface area contributed by atoms with Gasteiger partial charge in [0.25, 0.3) is 0 Å². The molecule has 1 aliphatic carbocycles. The molecule has 0 aromatic heterocycles. The van der Waals surface area contributed by atoms with Crippen LogP contribution in [0.4, 0.5) is 0 Å². The lowest BCUT2D eigenvalue weighted by atomic mass is 9.89. The molecule has 158 valence electrons. The van der Waals surface area contributed by atoms with E-state index in [1.54, 1.807) is 0 Å². The number of ether oxygens (including phenoxy) is 1. The van der Waals surface area contributed by atoms with Gasteiger partial charge in [-0.05, 0) is 81.1 Å². The van der Waals surface area contributed by atoms with Gasteiger partial charge in [-0.15, -0.1) is 0 Å². The molecule has 2 aliphatic rings. The summed E-state index contributed by atoms with van der Waals surface area (Å²) in [5, 5.41) is 1.90. The highest BCUT2D eigenvalue weighted by atomic mass is 16.5. The van der Waals surface area contributed by atoms with Crippen molar-refractivity contribution in [1.29, 1.82) is 0 Å². The summed E-state index contributed by atoms with van der Waals surface area (Å²) in [4.78, 5) is 17.4. The van der Waals surface area contributed by atoms with Crippen molar-refractivity contribution in [2.24, 2.45) is 4.99 Å². The van der Waals surface area contributed by atoms with Crippen LogP contribution in [-0.2, 0) is 4.74 Å². The van der Waals surface area contributed by atoms with Crippen LogP contribution in [0.5, 0.6) is 0 Å². The van der Waals surface area contributed by atoms with Crippen LogP contribution in [-0.4, -0.2) is 19.1 Å². The quantitative estimate of drug-likeness (QED) is 0.294. The fourth-order valence-electron chi connectivity index (χ4n) is 4.01. The van der Waals surface area contributed by atoms with Gasteiger partial charge < -0.3 is 9.15 Å². The molecule has 0 spiro atoms. The number of hydrogen-bond acceptors (Lipinski definition) is 4. The molecule has 0 N–H and O–H groups in total. The molecule has 0 radical (unpaired) electrons. The Morgan fingerprint density at radius 2 is 1.68 bits per heavy atom. The zero-order chi connectivity index (χ0) is 22.1. The number of hydrogen-bond donors (Lipinski definition) is 0. The number of carbonyl (C=O) groups excluding carboxylic acids is 1. The molecule has 0 atom stereocenters. The standard InChI is InChI=1S/C27H27NO3/c1-6-28-23-15-25-22(13-18(23)5)26(21-12-16(3)17(4)14-24(21)31-25)19-10-8-9-11-20(19)27(29)30-7-2/h8-15H,6-7H2,1-5H3/b28-23+. The Balaban J connectivity index is 2.17. The highest BCUT2D eigenvalue weighted by molar-refractivity contribution is 6.08. The molecule has 1 heterocycles. The van der Waals surface area contributed by atoms with Crippen molar-refractivity contribution >= 4 is 16.9 Å². The first-order valence-electron chi connectivity index (χ1n) is 10.7. The van der Waals surface area contributed by atoms with Crippen LogP contribution in [0.3, 0.4) is 0 Å². The summed E-state index contributed by atoms with van der Waals surface area (Å²) < 4.78 is 11.7. The van der Waals surface area contributed by atoms with Crippen LogP contribution in [0.1, 0.15) is 40.9 Å². The monoisotopic (exact) mass is 413 g/mol. The number of esters is 1. The molecule has 0 saturated carbocycles. The highest BCUT2D eigenvalue weighted by Gasteiger charge is 2.22. The van der Waals surface area contributed by atoms with Crippen molar-refractivity contribution in [3.05, 3.63) is 76.1 Å². The van der Waals surface area contributed by atoms with Gasteiger partial charge in [0.1, 0.15) is 11.3 Å². The van der Waals surface area contributed by atoms with E-state index in [1.165, 1.54) is 5.56 Å².